The fourth-order valence-electron chi connectivity index (χ4n) is 2.35. The highest BCUT2D eigenvalue weighted by Gasteiger charge is 2.32. The SMILES string of the molecule is CCS(=O)(=O)C1CSCCN1Cc1ccc(B(O)O)cc1. The number of nitrogens with zero attached hydrogens (tertiary/aromatic N) is 1. The zero-order chi connectivity index (χ0) is 15.5. The molecule has 5 nitrogen and oxygen atoms in total. The average molecular weight is 329 g/mol. The molecule has 0 bridgehead atoms. The molecule has 1 saturated heterocycles. The Hall–Kier alpha value is -0.535. The molecule has 0 radical (unpaired) electrons. The molecule has 116 valence electrons. The van der Waals surface area contributed by atoms with Crippen molar-refractivity contribution in [2.45, 2.75) is 18.8 Å². The summed E-state index contributed by atoms with van der Waals surface area (Å²) in [7, 11) is -4.56. The highest BCUT2D eigenvalue weighted by molar-refractivity contribution is 8.01. The zero-order valence-corrected chi connectivity index (χ0v) is 13.6. The molecule has 2 rings (SSSR count). The van der Waals surface area contributed by atoms with Crippen molar-refractivity contribution >= 4 is 34.2 Å². The van der Waals surface area contributed by atoms with Gasteiger partial charge in [-0.3, -0.25) is 4.90 Å². The second-order valence-corrected chi connectivity index (χ2v) is 8.66. The first kappa shape index (κ1) is 16.8. The van der Waals surface area contributed by atoms with Gasteiger partial charge >= 0.3 is 7.12 Å². The minimum atomic E-state index is -3.09. The lowest BCUT2D eigenvalue weighted by atomic mass is 9.80. The summed E-state index contributed by atoms with van der Waals surface area (Å²) in [6.45, 7) is 3.00. The lowest BCUT2D eigenvalue weighted by Gasteiger charge is -2.34. The molecule has 1 aliphatic rings. The van der Waals surface area contributed by atoms with Crippen LogP contribution in [-0.4, -0.2) is 59.7 Å². The maximum atomic E-state index is 12.2. The largest absolute Gasteiger partial charge is 0.488 e. The summed E-state index contributed by atoms with van der Waals surface area (Å²) in [5, 5.41) is 17.7. The van der Waals surface area contributed by atoms with Gasteiger partial charge in [0.25, 0.3) is 0 Å². The Morgan fingerprint density at radius 2 is 2.00 bits per heavy atom. The molecular weight excluding hydrogens is 309 g/mol. The van der Waals surface area contributed by atoms with Crippen molar-refractivity contribution in [1.82, 2.24) is 4.90 Å². The van der Waals surface area contributed by atoms with E-state index in [0.717, 1.165) is 17.9 Å². The van der Waals surface area contributed by atoms with Crippen LogP contribution in [0.5, 0.6) is 0 Å². The monoisotopic (exact) mass is 329 g/mol. The van der Waals surface area contributed by atoms with Crippen molar-refractivity contribution in [2.75, 3.05) is 23.8 Å². The lowest BCUT2D eigenvalue weighted by molar-refractivity contribution is 0.262. The Kier molecular flexibility index (Phi) is 5.73. The normalized spacial score (nSPS) is 20.4. The van der Waals surface area contributed by atoms with Crippen molar-refractivity contribution in [3.63, 3.8) is 0 Å². The third kappa shape index (κ3) is 4.23. The molecule has 1 atom stereocenters. The van der Waals surface area contributed by atoms with Crippen LogP contribution < -0.4 is 5.46 Å². The first-order valence-corrected chi connectivity index (χ1v) is 9.79. The van der Waals surface area contributed by atoms with Gasteiger partial charge in [-0.1, -0.05) is 31.2 Å². The molecule has 1 heterocycles. The van der Waals surface area contributed by atoms with Gasteiger partial charge in [0.05, 0.1) is 0 Å². The molecule has 0 aromatic heterocycles. The van der Waals surface area contributed by atoms with Gasteiger partial charge in [0, 0.05) is 30.3 Å². The van der Waals surface area contributed by atoms with Gasteiger partial charge in [0.2, 0.25) is 0 Å². The molecule has 1 unspecified atom stereocenters. The smallest absolute Gasteiger partial charge is 0.423 e. The van der Waals surface area contributed by atoms with Gasteiger partial charge in [-0.15, -0.1) is 0 Å². The Morgan fingerprint density at radius 3 is 2.57 bits per heavy atom. The molecule has 0 spiro atoms. The van der Waals surface area contributed by atoms with Crippen LogP contribution in [0, 0.1) is 0 Å². The summed E-state index contributed by atoms with van der Waals surface area (Å²) in [6, 6.07) is 6.93. The maximum absolute atomic E-state index is 12.2. The van der Waals surface area contributed by atoms with E-state index in [9.17, 15) is 8.42 Å². The molecule has 1 aliphatic heterocycles. The van der Waals surface area contributed by atoms with E-state index in [4.69, 9.17) is 10.0 Å². The van der Waals surface area contributed by atoms with E-state index in [1.54, 1.807) is 30.8 Å². The van der Waals surface area contributed by atoms with Crippen molar-refractivity contribution in [3.8, 4) is 0 Å². The van der Waals surface area contributed by atoms with Gasteiger partial charge < -0.3 is 10.0 Å². The molecule has 1 fully saturated rings. The molecule has 2 N–H and O–H groups in total. The van der Waals surface area contributed by atoms with E-state index in [1.807, 2.05) is 17.0 Å². The number of sulfone groups is 1. The van der Waals surface area contributed by atoms with Crippen LogP contribution in [0.15, 0.2) is 24.3 Å². The van der Waals surface area contributed by atoms with Gasteiger partial charge in [-0.05, 0) is 11.0 Å². The van der Waals surface area contributed by atoms with E-state index in [-0.39, 0.29) is 5.75 Å². The zero-order valence-electron chi connectivity index (χ0n) is 12.0. The number of hydrogen-bond acceptors (Lipinski definition) is 6. The number of thioether (sulfide) groups is 1. The van der Waals surface area contributed by atoms with Gasteiger partial charge in [0.15, 0.2) is 9.84 Å². The van der Waals surface area contributed by atoms with Crippen LogP contribution in [0.2, 0.25) is 0 Å². The van der Waals surface area contributed by atoms with E-state index >= 15 is 0 Å². The van der Waals surface area contributed by atoms with Crippen LogP contribution in [0.25, 0.3) is 0 Å². The first-order chi connectivity index (χ1) is 9.94. The van der Waals surface area contributed by atoms with Crippen LogP contribution in [0.1, 0.15) is 12.5 Å². The number of rotatable bonds is 5. The second kappa shape index (κ2) is 7.15. The average Bonchev–Trinajstić information content (AvgIpc) is 2.48. The van der Waals surface area contributed by atoms with Crippen LogP contribution in [0.3, 0.4) is 0 Å². The summed E-state index contributed by atoms with van der Waals surface area (Å²) < 4.78 is 24.4. The Labute approximate surface area is 130 Å². The Morgan fingerprint density at radius 1 is 1.33 bits per heavy atom. The highest BCUT2D eigenvalue weighted by Crippen LogP contribution is 2.23. The predicted molar refractivity (Wildman–Crippen MR) is 87.3 cm³/mol. The summed E-state index contributed by atoms with van der Waals surface area (Å²) in [6.07, 6.45) is 0. The summed E-state index contributed by atoms with van der Waals surface area (Å²) in [4.78, 5) is 2.00. The van der Waals surface area contributed by atoms with Crippen LogP contribution in [0.4, 0.5) is 0 Å². The van der Waals surface area contributed by atoms with E-state index in [1.165, 1.54) is 0 Å². The molecular formula is C13H20BNO4S2. The number of hydrogen-bond donors (Lipinski definition) is 2. The first-order valence-electron chi connectivity index (χ1n) is 6.92. The molecule has 1 aromatic rings. The van der Waals surface area contributed by atoms with E-state index < -0.39 is 22.3 Å². The van der Waals surface area contributed by atoms with Crippen LogP contribution in [-0.2, 0) is 16.4 Å². The third-order valence-electron chi connectivity index (χ3n) is 3.67. The van der Waals surface area contributed by atoms with Crippen molar-refractivity contribution < 1.29 is 18.5 Å². The summed E-state index contributed by atoms with van der Waals surface area (Å²) >= 11 is 1.68. The van der Waals surface area contributed by atoms with Crippen LogP contribution >= 0.6 is 11.8 Å². The molecule has 1 aromatic carbocycles. The highest BCUT2D eigenvalue weighted by atomic mass is 32.2. The Balaban J connectivity index is 2.12. The summed E-state index contributed by atoms with van der Waals surface area (Å²) in [5.74, 6) is 1.71. The van der Waals surface area contributed by atoms with Gasteiger partial charge in [-0.2, -0.15) is 11.8 Å². The molecule has 8 heteroatoms. The topological polar surface area (TPSA) is 77.8 Å². The van der Waals surface area contributed by atoms with Crippen molar-refractivity contribution in [3.05, 3.63) is 29.8 Å². The number of benzene rings is 1. The van der Waals surface area contributed by atoms with Gasteiger partial charge in [0.1, 0.15) is 5.37 Å². The quantitative estimate of drug-likeness (QED) is 0.721. The van der Waals surface area contributed by atoms with E-state index in [2.05, 4.69) is 0 Å². The molecule has 0 aliphatic carbocycles. The van der Waals surface area contributed by atoms with E-state index in [0.29, 0.717) is 17.8 Å². The summed E-state index contributed by atoms with van der Waals surface area (Å²) in [5.41, 5.74) is 1.41. The predicted octanol–water partition coefficient (Wildman–Crippen LogP) is -0.324. The molecule has 0 amide bonds. The fourth-order valence-corrected chi connectivity index (χ4v) is 5.43. The van der Waals surface area contributed by atoms with Crippen molar-refractivity contribution in [2.24, 2.45) is 0 Å². The third-order valence-corrected chi connectivity index (χ3v) is 7.00. The van der Waals surface area contributed by atoms with Gasteiger partial charge in [-0.25, -0.2) is 8.42 Å². The minimum Gasteiger partial charge on any atom is -0.423 e. The standard InChI is InChI=1S/C13H20BNO4S2/c1-2-21(18,19)13-10-20-8-7-15(13)9-11-3-5-12(6-4-11)14(16)17/h3-6,13,16-17H,2,7-10H2,1H3. The minimum absolute atomic E-state index is 0.157. The second-order valence-electron chi connectivity index (χ2n) is 5.07. The fraction of sp³-hybridized carbons (Fsp3) is 0.538. The molecule has 0 saturated carbocycles. The van der Waals surface area contributed by atoms with Crippen molar-refractivity contribution in [1.29, 1.82) is 0 Å². The maximum Gasteiger partial charge on any atom is 0.488 e. The lowest BCUT2D eigenvalue weighted by Crippen LogP contribution is -2.47. The molecule has 21 heavy (non-hydrogen) atoms. The Bertz CT molecular complexity index is 562.